The Balaban J connectivity index is 2.33. The Morgan fingerprint density at radius 1 is 1.38 bits per heavy atom. The summed E-state index contributed by atoms with van der Waals surface area (Å²) in [5, 5.41) is 21.7. The second-order valence-electron chi connectivity index (χ2n) is 6.21. The van der Waals surface area contributed by atoms with Gasteiger partial charge in [0.1, 0.15) is 11.8 Å². The van der Waals surface area contributed by atoms with Gasteiger partial charge in [-0.25, -0.2) is 4.79 Å². The number of nitrogens with zero attached hydrogens (tertiary/aromatic N) is 1. The van der Waals surface area contributed by atoms with Gasteiger partial charge in [-0.05, 0) is 45.2 Å². The topological polar surface area (TPSA) is 89.9 Å². The molecule has 0 bridgehead atoms. The lowest BCUT2D eigenvalue weighted by atomic mass is 9.99. The molecule has 1 aliphatic heterocycles. The van der Waals surface area contributed by atoms with Crippen LogP contribution in [0.3, 0.4) is 0 Å². The summed E-state index contributed by atoms with van der Waals surface area (Å²) in [4.78, 5) is 25.1. The van der Waals surface area contributed by atoms with E-state index in [4.69, 9.17) is 0 Å². The summed E-state index contributed by atoms with van der Waals surface area (Å²) >= 11 is 0. The van der Waals surface area contributed by atoms with Crippen LogP contribution in [0, 0.1) is 0 Å². The van der Waals surface area contributed by atoms with Crippen LogP contribution in [0.1, 0.15) is 32.8 Å². The fourth-order valence-electron chi connectivity index (χ4n) is 2.67. The first kappa shape index (κ1) is 15.2. The third-order valence-corrected chi connectivity index (χ3v) is 3.58. The second-order valence-corrected chi connectivity index (χ2v) is 6.21. The molecule has 6 heteroatoms. The number of benzene rings is 1. The molecule has 1 aromatic rings. The van der Waals surface area contributed by atoms with E-state index in [0.29, 0.717) is 18.5 Å². The molecule has 0 saturated heterocycles. The lowest BCUT2D eigenvalue weighted by molar-refractivity contribution is -0.122. The van der Waals surface area contributed by atoms with Gasteiger partial charge in [-0.1, -0.05) is 6.07 Å². The Morgan fingerprint density at radius 2 is 2.05 bits per heavy atom. The van der Waals surface area contributed by atoms with E-state index in [1.807, 2.05) is 0 Å². The van der Waals surface area contributed by atoms with Crippen molar-refractivity contribution in [3.05, 3.63) is 23.8 Å². The Bertz CT molecular complexity index is 578. The molecule has 1 aromatic carbocycles. The number of rotatable bonds is 1. The number of amides is 2. The number of anilines is 1. The summed E-state index contributed by atoms with van der Waals surface area (Å²) in [7, 11) is 0. The van der Waals surface area contributed by atoms with Crippen molar-refractivity contribution in [1.82, 2.24) is 4.90 Å². The van der Waals surface area contributed by atoms with Gasteiger partial charge in [-0.15, -0.1) is 0 Å². The molecule has 0 saturated carbocycles. The van der Waals surface area contributed by atoms with Gasteiger partial charge in [0, 0.05) is 17.3 Å². The zero-order valence-corrected chi connectivity index (χ0v) is 12.4. The third kappa shape index (κ3) is 3.09. The highest BCUT2D eigenvalue weighted by atomic mass is 16.4. The molecule has 21 heavy (non-hydrogen) atoms. The maximum absolute atomic E-state index is 12.4. The van der Waals surface area contributed by atoms with E-state index in [9.17, 15) is 19.8 Å². The standard InChI is InChI=1S/C15H20N2O4/c1-15(2,3)17(14(20)21)12-7-5-9-4-6-10(18)8-11(9)16-13(12)19/h4,6,8,12,18H,5,7H2,1-3H3,(H,16,19)(H,20,21)/t12-/m0/s1. The Hall–Kier alpha value is -2.24. The van der Waals surface area contributed by atoms with Crippen molar-refractivity contribution in [2.24, 2.45) is 0 Å². The molecule has 2 rings (SSSR count). The van der Waals surface area contributed by atoms with E-state index in [1.54, 1.807) is 32.9 Å². The Morgan fingerprint density at radius 3 is 2.62 bits per heavy atom. The van der Waals surface area contributed by atoms with E-state index in [0.717, 1.165) is 5.56 Å². The number of aromatic hydroxyl groups is 1. The predicted octanol–water partition coefficient (Wildman–Crippen LogP) is 2.42. The Labute approximate surface area is 123 Å². The first-order chi connectivity index (χ1) is 9.70. The number of nitrogens with one attached hydrogen (secondary N) is 1. The number of carboxylic acid groups (broad SMARTS) is 1. The fourth-order valence-corrected chi connectivity index (χ4v) is 2.67. The predicted molar refractivity (Wildman–Crippen MR) is 78.5 cm³/mol. The van der Waals surface area contributed by atoms with Crippen molar-refractivity contribution in [2.75, 3.05) is 5.32 Å². The van der Waals surface area contributed by atoms with Crippen LogP contribution in [-0.4, -0.2) is 38.7 Å². The summed E-state index contributed by atoms with van der Waals surface area (Å²) in [6.07, 6.45) is -0.136. The minimum atomic E-state index is -1.11. The summed E-state index contributed by atoms with van der Waals surface area (Å²) < 4.78 is 0. The first-order valence-electron chi connectivity index (χ1n) is 6.85. The molecule has 0 aliphatic carbocycles. The van der Waals surface area contributed by atoms with Crippen LogP contribution >= 0.6 is 0 Å². The first-order valence-corrected chi connectivity index (χ1v) is 6.85. The molecule has 1 atom stereocenters. The molecule has 1 heterocycles. The number of aryl methyl sites for hydroxylation is 1. The number of fused-ring (bicyclic) bond motifs is 1. The Kier molecular flexibility index (Phi) is 3.80. The smallest absolute Gasteiger partial charge is 0.408 e. The monoisotopic (exact) mass is 292 g/mol. The van der Waals surface area contributed by atoms with E-state index >= 15 is 0 Å². The molecule has 3 N–H and O–H groups in total. The highest BCUT2D eigenvalue weighted by Crippen LogP contribution is 2.29. The maximum atomic E-state index is 12.4. The van der Waals surface area contributed by atoms with Gasteiger partial charge < -0.3 is 15.5 Å². The van der Waals surface area contributed by atoms with Crippen molar-refractivity contribution in [2.45, 2.75) is 45.2 Å². The van der Waals surface area contributed by atoms with Gasteiger partial charge in [-0.2, -0.15) is 0 Å². The number of phenols is 1. The average molecular weight is 292 g/mol. The third-order valence-electron chi connectivity index (χ3n) is 3.58. The van der Waals surface area contributed by atoms with Crippen LogP contribution in [0.2, 0.25) is 0 Å². The van der Waals surface area contributed by atoms with Crippen LogP contribution in [0.25, 0.3) is 0 Å². The molecule has 0 aromatic heterocycles. The lowest BCUT2D eigenvalue weighted by Crippen LogP contribution is -2.55. The van der Waals surface area contributed by atoms with Crippen LogP contribution in [0.15, 0.2) is 18.2 Å². The molecule has 0 spiro atoms. The molecule has 0 unspecified atom stereocenters. The molecule has 2 amide bonds. The van der Waals surface area contributed by atoms with Crippen molar-refractivity contribution in [3.8, 4) is 5.75 Å². The van der Waals surface area contributed by atoms with Gasteiger partial charge >= 0.3 is 6.09 Å². The number of hydrogen-bond acceptors (Lipinski definition) is 3. The fraction of sp³-hybridized carbons (Fsp3) is 0.467. The minimum absolute atomic E-state index is 0.0680. The van der Waals surface area contributed by atoms with Crippen LogP contribution in [0.5, 0.6) is 5.75 Å². The largest absolute Gasteiger partial charge is 0.508 e. The lowest BCUT2D eigenvalue weighted by Gasteiger charge is -2.38. The maximum Gasteiger partial charge on any atom is 0.408 e. The summed E-state index contributed by atoms with van der Waals surface area (Å²) in [5.74, 6) is -0.296. The number of phenolic OH excluding ortho intramolecular Hbond substituents is 1. The van der Waals surface area contributed by atoms with Crippen molar-refractivity contribution >= 4 is 17.7 Å². The van der Waals surface area contributed by atoms with Crippen LogP contribution in [0.4, 0.5) is 10.5 Å². The van der Waals surface area contributed by atoms with Gasteiger partial charge in [0.05, 0.1) is 0 Å². The molecule has 0 fully saturated rings. The van der Waals surface area contributed by atoms with Gasteiger partial charge in [0.2, 0.25) is 5.91 Å². The minimum Gasteiger partial charge on any atom is -0.508 e. The van der Waals surface area contributed by atoms with Crippen LogP contribution in [-0.2, 0) is 11.2 Å². The normalized spacial score (nSPS) is 18.4. The number of hydrogen-bond donors (Lipinski definition) is 3. The molecule has 6 nitrogen and oxygen atoms in total. The van der Waals surface area contributed by atoms with Crippen molar-refractivity contribution < 1.29 is 19.8 Å². The van der Waals surface area contributed by atoms with E-state index in [1.165, 1.54) is 11.0 Å². The molecular weight excluding hydrogens is 272 g/mol. The summed E-state index contributed by atoms with van der Waals surface area (Å²) in [6, 6.07) is 4.04. The molecule has 114 valence electrons. The zero-order valence-electron chi connectivity index (χ0n) is 12.4. The van der Waals surface area contributed by atoms with E-state index in [2.05, 4.69) is 5.32 Å². The molecular formula is C15H20N2O4. The average Bonchev–Trinajstić information content (AvgIpc) is 2.47. The SMILES string of the molecule is CC(C)(C)N(C(=O)O)[C@H]1CCc2ccc(O)cc2NC1=O. The highest BCUT2D eigenvalue weighted by Gasteiger charge is 2.38. The highest BCUT2D eigenvalue weighted by molar-refractivity contribution is 5.98. The van der Waals surface area contributed by atoms with Gasteiger partial charge in [-0.3, -0.25) is 9.69 Å². The summed E-state index contributed by atoms with van der Waals surface area (Å²) in [5.41, 5.74) is 0.761. The van der Waals surface area contributed by atoms with Crippen LogP contribution < -0.4 is 5.32 Å². The number of carbonyl (C=O) groups is 2. The number of carbonyl (C=O) groups excluding carboxylic acids is 1. The van der Waals surface area contributed by atoms with E-state index in [-0.39, 0.29) is 11.7 Å². The van der Waals surface area contributed by atoms with Crippen molar-refractivity contribution in [3.63, 3.8) is 0 Å². The van der Waals surface area contributed by atoms with Gasteiger partial charge in [0.25, 0.3) is 0 Å². The van der Waals surface area contributed by atoms with Gasteiger partial charge in [0.15, 0.2) is 0 Å². The van der Waals surface area contributed by atoms with E-state index < -0.39 is 17.7 Å². The zero-order chi connectivity index (χ0) is 15.8. The quantitative estimate of drug-likeness (QED) is 0.741. The second kappa shape index (κ2) is 5.27. The van der Waals surface area contributed by atoms with Crippen molar-refractivity contribution in [1.29, 1.82) is 0 Å². The molecule has 0 radical (unpaired) electrons. The molecule has 1 aliphatic rings. The summed E-state index contributed by atoms with van der Waals surface area (Å²) in [6.45, 7) is 5.29.